The maximum atomic E-state index is 10.9. The second kappa shape index (κ2) is 5.70. The molecule has 0 aliphatic carbocycles. The Kier molecular flexibility index (Phi) is 4.55. The number of carbonyl (C=O) groups is 1. The number of rotatable bonds is 4. The SMILES string of the molecule is C=C(/C=C(\C)N(C)C1CCNCC1)C(N)=O. The van der Waals surface area contributed by atoms with Gasteiger partial charge >= 0.3 is 0 Å². The van der Waals surface area contributed by atoms with Gasteiger partial charge in [-0.05, 0) is 38.9 Å². The maximum Gasteiger partial charge on any atom is 0.248 e. The summed E-state index contributed by atoms with van der Waals surface area (Å²) in [5.74, 6) is -0.460. The van der Waals surface area contributed by atoms with Crippen molar-refractivity contribution in [1.82, 2.24) is 10.2 Å². The number of hydrogen-bond acceptors (Lipinski definition) is 3. The van der Waals surface area contributed by atoms with Crippen molar-refractivity contribution >= 4 is 5.91 Å². The van der Waals surface area contributed by atoms with Gasteiger partial charge < -0.3 is 16.0 Å². The molecule has 1 heterocycles. The van der Waals surface area contributed by atoms with Crippen LogP contribution >= 0.6 is 0 Å². The lowest BCUT2D eigenvalue weighted by Crippen LogP contribution is -2.40. The minimum Gasteiger partial charge on any atom is -0.375 e. The molecule has 4 nitrogen and oxygen atoms in total. The van der Waals surface area contributed by atoms with E-state index in [0.717, 1.165) is 31.6 Å². The molecule has 16 heavy (non-hydrogen) atoms. The highest BCUT2D eigenvalue weighted by molar-refractivity contribution is 5.94. The Morgan fingerprint density at radius 1 is 1.50 bits per heavy atom. The Hall–Kier alpha value is -1.29. The van der Waals surface area contributed by atoms with Crippen LogP contribution in [-0.4, -0.2) is 37.0 Å². The molecule has 3 N–H and O–H groups in total. The lowest BCUT2D eigenvalue weighted by Gasteiger charge is -2.33. The van der Waals surface area contributed by atoms with Crippen molar-refractivity contribution in [2.24, 2.45) is 5.73 Å². The molecule has 0 aromatic carbocycles. The van der Waals surface area contributed by atoms with E-state index in [-0.39, 0.29) is 0 Å². The first-order chi connectivity index (χ1) is 7.52. The average molecular weight is 223 g/mol. The number of primary amides is 1. The van der Waals surface area contributed by atoms with Crippen LogP contribution in [0.4, 0.5) is 0 Å². The highest BCUT2D eigenvalue weighted by Gasteiger charge is 2.17. The third-order valence-corrected chi connectivity index (χ3v) is 3.11. The molecule has 0 bridgehead atoms. The molecule has 0 unspecified atom stereocenters. The van der Waals surface area contributed by atoms with E-state index < -0.39 is 5.91 Å². The minimum absolute atomic E-state index is 0.360. The zero-order chi connectivity index (χ0) is 12.1. The number of allylic oxidation sites excluding steroid dienone is 1. The monoisotopic (exact) mass is 223 g/mol. The molecule has 0 aromatic heterocycles. The Balaban J connectivity index is 2.61. The Morgan fingerprint density at radius 2 is 2.06 bits per heavy atom. The Bertz CT molecular complexity index is 303. The second-order valence-electron chi connectivity index (χ2n) is 4.27. The number of nitrogens with one attached hydrogen (secondary N) is 1. The quantitative estimate of drug-likeness (QED) is 0.542. The summed E-state index contributed by atoms with van der Waals surface area (Å²) in [6.07, 6.45) is 4.01. The molecule has 1 rings (SSSR count). The normalized spacial score (nSPS) is 18.2. The average Bonchev–Trinajstić information content (AvgIpc) is 2.28. The Morgan fingerprint density at radius 3 is 2.56 bits per heavy atom. The number of piperidine rings is 1. The van der Waals surface area contributed by atoms with E-state index in [1.54, 1.807) is 6.08 Å². The molecular formula is C12H21N3O. The van der Waals surface area contributed by atoms with Gasteiger partial charge in [-0.15, -0.1) is 0 Å². The molecule has 90 valence electrons. The van der Waals surface area contributed by atoms with E-state index in [2.05, 4.69) is 23.8 Å². The van der Waals surface area contributed by atoms with Gasteiger partial charge in [-0.3, -0.25) is 4.79 Å². The van der Waals surface area contributed by atoms with Gasteiger partial charge in [-0.2, -0.15) is 0 Å². The zero-order valence-corrected chi connectivity index (χ0v) is 10.1. The van der Waals surface area contributed by atoms with Gasteiger partial charge in [0.05, 0.1) is 0 Å². The van der Waals surface area contributed by atoms with Crippen molar-refractivity contribution in [1.29, 1.82) is 0 Å². The van der Waals surface area contributed by atoms with E-state index >= 15 is 0 Å². The molecule has 0 atom stereocenters. The van der Waals surface area contributed by atoms with Gasteiger partial charge in [0.25, 0.3) is 0 Å². The largest absolute Gasteiger partial charge is 0.375 e. The number of nitrogens with zero attached hydrogens (tertiary/aromatic N) is 1. The molecule has 1 saturated heterocycles. The van der Waals surface area contributed by atoms with Crippen LogP contribution in [0, 0.1) is 0 Å². The smallest absolute Gasteiger partial charge is 0.248 e. The second-order valence-corrected chi connectivity index (χ2v) is 4.27. The van der Waals surface area contributed by atoms with Gasteiger partial charge in [0, 0.05) is 24.4 Å². The van der Waals surface area contributed by atoms with Crippen molar-refractivity contribution in [3.05, 3.63) is 23.9 Å². The number of carbonyl (C=O) groups excluding carboxylic acids is 1. The fourth-order valence-corrected chi connectivity index (χ4v) is 1.91. The molecule has 0 spiro atoms. The summed E-state index contributed by atoms with van der Waals surface area (Å²) in [5, 5.41) is 3.33. The maximum absolute atomic E-state index is 10.9. The predicted octanol–water partition coefficient (Wildman–Crippen LogP) is 0.615. The summed E-state index contributed by atoms with van der Waals surface area (Å²) in [6.45, 7) is 7.72. The molecule has 0 saturated carbocycles. The standard InChI is InChI=1S/C12H21N3O/c1-9(12(13)16)8-10(2)15(3)11-4-6-14-7-5-11/h8,11,14H,1,4-7H2,2-3H3,(H2,13,16)/b10-8+. The minimum atomic E-state index is -0.460. The third kappa shape index (κ3) is 3.38. The van der Waals surface area contributed by atoms with Crippen molar-refractivity contribution in [3.63, 3.8) is 0 Å². The lowest BCUT2D eigenvalue weighted by molar-refractivity contribution is -0.114. The van der Waals surface area contributed by atoms with Crippen molar-refractivity contribution < 1.29 is 4.79 Å². The van der Waals surface area contributed by atoms with Gasteiger partial charge in [-0.1, -0.05) is 6.58 Å². The molecule has 1 fully saturated rings. The van der Waals surface area contributed by atoms with Gasteiger partial charge in [0.15, 0.2) is 0 Å². The van der Waals surface area contributed by atoms with Crippen LogP contribution in [-0.2, 0) is 4.79 Å². The lowest BCUT2D eigenvalue weighted by atomic mass is 10.0. The number of hydrogen-bond donors (Lipinski definition) is 2. The van der Waals surface area contributed by atoms with Crippen molar-refractivity contribution in [2.45, 2.75) is 25.8 Å². The molecular weight excluding hydrogens is 202 g/mol. The first-order valence-corrected chi connectivity index (χ1v) is 5.63. The summed E-state index contributed by atoms with van der Waals surface area (Å²) < 4.78 is 0. The van der Waals surface area contributed by atoms with E-state index in [0.29, 0.717) is 11.6 Å². The number of nitrogens with two attached hydrogens (primary N) is 1. The van der Waals surface area contributed by atoms with Crippen LogP contribution in [0.3, 0.4) is 0 Å². The highest BCUT2D eigenvalue weighted by Crippen LogP contribution is 2.15. The van der Waals surface area contributed by atoms with Crippen LogP contribution in [0.5, 0.6) is 0 Å². The van der Waals surface area contributed by atoms with E-state index in [1.807, 2.05) is 6.92 Å². The fraction of sp³-hybridized carbons (Fsp3) is 0.583. The topological polar surface area (TPSA) is 58.4 Å². The molecule has 0 radical (unpaired) electrons. The van der Waals surface area contributed by atoms with Gasteiger partial charge in [0.1, 0.15) is 0 Å². The zero-order valence-electron chi connectivity index (χ0n) is 10.1. The molecule has 1 aliphatic heterocycles. The van der Waals surface area contributed by atoms with Crippen LogP contribution in [0.15, 0.2) is 23.9 Å². The van der Waals surface area contributed by atoms with Gasteiger partial charge in [0.2, 0.25) is 5.91 Å². The van der Waals surface area contributed by atoms with Crippen LogP contribution in [0.2, 0.25) is 0 Å². The summed E-state index contributed by atoms with van der Waals surface area (Å²) in [7, 11) is 2.05. The summed E-state index contributed by atoms with van der Waals surface area (Å²) in [4.78, 5) is 13.1. The van der Waals surface area contributed by atoms with Crippen molar-refractivity contribution in [2.75, 3.05) is 20.1 Å². The van der Waals surface area contributed by atoms with Gasteiger partial charge in [-0.25, -0.2) is 0 Å². The third-order valence-electron chi connectivity index (χ3n) is 3.11. The summed E-state index contributed by atoms with van der Waals surface area (Å²) in [5.41, 5.74) is 6.55. The molecule has 0 aromatic rings. The molecule has 1 aliphatic rings. The molecule has 4 heteroatoms. The Labute approximate surface area is 97.2 Å². The highest BCUT2D eigenvalue weighted by atomic mass is 16.1. The van der Waals surface area contributed by atoms with Crippen LogP contribution < -0.4 is 11.1 Å². The van der Waals surface area contributed by atoms with E-state index in [4.69, 9.17) is 5.73 Å². The first kappa shape index (κ1) is 12.8. The van der Waals surface area contributed by atoms with Crippen LogP contribution in [0.25, 0.3) is 0 Å². The number of amides is 1. The van der Waals surface area contributed by atoms with Crippen LogP contribution in [0.1, 0.15) is 19.8 Å². The first-order valence-electron chi connectivity index (χ1n) is 5.63. The fourth-order valence-electron chi connectivity index (χ4n) is 1.91. The summed E-state index contributed by atoms with van der Waals surface area (Å²) in [6, 6.07) is 0.540. The van der Waals surface area contributed by atoms with Crippen molar-refractivity contribution in [3.8, 4) is 0 Å². The summed E-state index contributed by atoms with van der Waals surface area (Å²) >= 11 is 0. The van der Waals surface area contributed by atoms with E-state index in [9.17, 15) is 4.79 Å². The van der Waals surface area contributed by atoms with E-state index in [1.165, 1.54) is 0 Å². The molecule has 1 amide bonds. The predicted molar refractivity (Wildman–Crippen MR) is 65.7 cm³/mol.